The van der Waals surface area contributed by atoms with Crippen LogP contribution < -0.4 is 0 Å². The van der Waals surface area contributed by atoms with Crippen molar-refractivity contribution < 1.29 is 14.3 Å². The van der Waals surface area contributed by atoms with E-state index in [2.05, 4.69) is 6.58 Å². The minimum absolute atomic E-state index is 0.0227. The van der Waals surface area contributed by atoms with Crippen molar-refractivity contribution in [3.63, 3.8) is 0 Å². The Labute approximate surface area is 97.8 Å². The third-order valence-electron chi connectivity index (χ3n) is 3.11. The van der Waals surface area contributed by atoms with Crippen LogP contribution in [0.15, 0.2) is 12.2 Å². The SMILES string of the molecule is C=C(C)C(=O)OC1(C)CCCCC1OCC. The van der Waals surface area contributed by atoms with E-state index in [1.807, 2.05) is 13.8 Å². The van der Waals surface area contributed by atoms with Crippen molar-refractivity contribution in [2.24, 2.45) is 0 Å². The van der Waals surface area contributed by atoms with Crippen molar-refractivity contribution >= 4 is 5.97 Å². The summed E-state index contributed by atoms with van der Waals surface area (Å²) in [5.74, 6) is -0.311. The van der Waals surface area contributed by atoms with E-state index in [0.717, 1.165) is 25.7 Å². The first-order valence-electron chi connectivity index (χ1n) is 6.00. The second-order valence-corrected chi connectivity index (χ2v) is 4.67. The van der Waals surface area contributed by atoms with Crippen molar-refractivity contribution in [1.29, 1.82) is 0 Å². The van der Waals surface area contributed by atoms with E-state index >= 15 is 0 Å². The third kappa shape index (κ3) is 3.08. The second-order valence-electron chi connectivity index (χ2n) is 4.67. The minimum Gasteiger partial charge on any atom is -0.453 e. The maximum atomic E-state index is 11.6. The Bertz CT molecular complexity index is 270. The van der Waals surface area contributed by atoms with E-state index in [0.29, 0.717) is 12.2 Å². The Kier molecular flexibility index (Phi) is 4.54. The van der Waals surface area contributed by atoms with Gasteiger partial charge in [0.1, 0.15) is 5.60 Å². The molecule has 3 heteroatoms. The van der Waals surface area contributed by atoms with Gasteiger partial charge in [-0.2, -0.15) is 0 Å². The largest absolute Gasteiger partial charge is 0.453 e. The van der Waals surface area contributed by atoms with Gasteiger partial charge >= 0.3 is 5.97 Å². The van der Waals surface area contributed by atoms with Gasteiger partial charge in [0.25, 0.3) is 0 Å². The summed E-state index contributed by atoms with van der Waals surface area (Å²) in [4.78, 5) is 11.6. The summed E-state index contributed by atoms with van der Waals surface area (Å²) in [6.45, 7) is 9.87. The van der Waals surface area contributed by atoms with E-state index in [1.165, 1.54) is 0 Å². The molecular weight excluding hydrogens is 204 g/mol. The molecule has 0 saturated heterocycles. The van der Waals surface area contributed by atoms with Crippen LogP contribution in [0.4, 0.5) is 0 Å². The molecule has 0 amide bonds. The summed E-state index contributed by atoms with van der Waals surface area (Å²) < 4.78 is 11.2. The molecule has 0 spiro atoms. The molecule has 1 saturated carbocycles. The minimum atomic E-state index is -0.482. The number of hydrogen-bond donors (Lipinski definition) is 0. The molecule has 0 radical (unpaired) electrons. The topological polar surface area (TPSA) is 35.5 Å². The van der Waals surface area contributed by atoms with Crippen LogP contribution in [0.25, 0.3) is 0 Å². The summed E-state index contributed by atoms with van der Waals surface area (Å²) in [6, 6.07) is 0. The van der Waals surface area contributed by atoms with Crippen LogP contribution in [0, 0.1) is 0 Å². The highest BCUT2D eigenvalue weighted by Crippen LogP contribution is 2.34. The van der Waals surface area contributed by atoms with E-state index in [1.54, 1.807) is 6.92 Å². The van der Waals surface area contributed by atoms with Crippen LogP contribution in [0.5, 0.6) is 0 Å². The summed E-state index contributed by atoms with van der Waals surface area (Å²) in [5, 5.41) is 0. The fourth-order valence-corrected chi connectivity index (χ4v) is 2.15. The molecule has 2 atom stereocenters. The monoisotopic (exact) mass is 226 g/mol. The van der Waals surface area contributed by atoms with Crippen LogP contribution >= 0.6 is 0 Å². The highest BCUT2D eigenvalue weighted by atomic mass is 16.6. The molecule has 0 aliphatic heterocycles. The van der Waals surface area contributed by atoms with E-state index in [-0.39, 0.29) is 12.1 Å². The van der Waals surface area contributed by atoms with Gasteiger partial charge in [-0.3, -0.25) is 0 Å². The lowest BCUT2D eigenvalue weighted by atomic mass is 9.83. The Balaban J connectivity index is 2.69. The van der Waals surface area contributed by atoms with Gasteiger partial charge in [0.15, 0.2) is 0 Å². The first-order chi connectivity index (χ1) is 7.49. The molecule has 1 rings (SSSR count). The zero-order chi connectivity index (χ0) is 12.2. The van der Waals surface area contributed by atoms with Crippen molar-refractivity contribution in [3.8, 4) is 0 Å². The number of carbonyl (C=O) groups excluding carboxylic acids is 1. The lowest BCUT2D eigenvalue weighted by Gasteiger charge is -2.40. The van der Waals surface area contributed by atoms with Gasteiger partial charge < -0.3 is 9.47 Å². The summed E-state index contributed by atoms with van der Waals surface area (Å²) in [6.07, 6.45) is 4.09. The van der Waals surface area contributed by atoms with Crippen molar-refractivity contribution in [2.75, 3.05) is 6.61 Å². The van der Waals surface area contributed by atoms with Gasteiger partial charge in [-0.05, 0) is 40.0 Å². The number of rotatable bonds is 4. The number of carbonyl (C=O) groups is 1. The molecule has 1 fully saturated rings. The molecule has 2 unspecified atom stereocenters. The maximum absolute atomic E-state index is 11.6. The van der Waals surface area contributed by atoms with Crippen molar-refractivity contribution in [3.05, 3.63) is 12.2 Å². The summed E-state index contributed by atoms with van der Waals surface area (Å²) in [7, 11) is 0. The molecule has 1 aliphatic carbocycles. The predicted molar refractivity (Wildman–Crippen MR) is 63.2 cm³/mol. The molecule has 92 valence electrons. The second kappa shape index (κ2) is 5.48. The van der Waals surface area contributed by atoms with Crippen molar-refractivity contribution in [2.45, 2.75) is 58.2 Å². The molecule has 0 bridgehead atoms. The smallest absolute Gasteiger partial charge is 0.333 e. The van der Waals surface area contributed by atoms with Gasteiger partial charge in [0, 0.05) is 12.2 Å². The van der Waals surface area contributed by atoms with Gasteiger partial charge in [0.05, 0.1) is 6.10 Å². The van der Waals surface area contributed by atoms with Crippen LogP contribution in [0.1, 0.15) is 46.5 Å². The quantitative estimate of drug-likeness (QED) is 0.546. The lowest BCUT2D eigenvalue weighted by Crippen LogP contribution is -2.47. The van der Waals surface area contributed by atoms with Gasteiger partial charge in [-0.15, -0.1) is 0 Å². The standard InChI is InChI=1S/C13H22O3/c1-5-15-11-8-6-7-9-13(11,4)16-12(14)10(2)3/h11H,2,5-9H2,1,3-4H3. The highest BCUT2D eigenvalue weighted by molar-refractivity contribution is 5.87. The summed E-state index contributed by atoms with van der Waals surface area (Å²) in [5.41, 5.74) is -0.0355. The first-order valence-corrected chi connectivity index (χ1v) is 6.00. The van der Waals surface area contributed by atoms with Crippen LogP contribution in [-0.4, -0.2) is 24.3 Å². The fourth-order valence-electron chi connectivity index (χ4n) is 2.15. The third-order valence-corrected chi connectivity index (χ3v) is 3.11. The zero-order valence-corrected chi connectivity index (χ0v) is 10.5. The van der Waals surface area contributed by atoms with Crippen LogP contribution in [-0.2, 0) is 14.3 Å². The number of esters is 1. The van der Waals surface area contributed by atoms with Gasteiger partial charge in [-0.25, -0.2) is 4.79 Å². The Morgan fingerprint density at radius 1 is 1.50 bits per heavy atom. The average Bonchev–Trinajstić information content (AvgIpc) is 2.21. The van der Waals surface area contributed by atoms with E-state index in [9.17, 15) is 4.79 Å². The Morgan fingerprint density at radius 2 is 2.19 bits per heavy atom. The molecule has 0 aromatic heterocycles. The summed E-state index contributed by atoms with van der Waals surface area (Å²) >= 11 is 0. The molecule has 0 aromatic carbocycles. The molecule has 3 nitrogen and oxygen atoms in total. The van der Waals surface area contributed by atoms with E-state index in [4.69, 9.17) is 9.47 Å². The molecule has 0 heterocycles. The Morgan fingerprint density at radius 3 is 2.75 bits per heavy atom. The number of hydrogen-bond acceptors (Lipinski definition) is 3. The fraction of sp³-hybridized carbons (Fsp3) is 0.769. The Hall–Kier alpha value is -0.830. The maximum Gasteiger partial charge on any atom is 0.333 e. The normalized spacial score (nSPS) is 29.8. The molecule has 0 aromatic rings. The molecule has 0 N–H and O–H groups in total. The molecular formula is C13H22O3. The predicted octanol–water partition coefficient (Wildman–Crippen LogP) is 2.84. The van der Waals surface area contributed by atoms with E-state index < -0.39 is 5.60 Å². The van der Waals surface area contributed by atoms with Crippen LogP contribution in [0.2, 0.25) is 0 Å². The molecule has 16 heavy (non-hydrogen) atoms. The first kappa shape index (κ1) is 13.2. The molecule has 1 aliphatic rings. The lowest BCUT2D eigenvalue weighted by molar-refractivity contribution is -0.178. The van der Waals surface area contributed by atoms with Crippen LogP contribution in [0.3, 0.4) is 0 Å². The highest BCUT2D eigenvalue weighted by Gasteiger charge is 2.40. The van der Waals surface area contributed by atoms with Crippen molar-refractivity contribution in [1.82, 2.24) is 0 Å². The zero-order valence-electron chi connectivity index (χ0n) is 10.5. The average molecular weight is 226 g/mol. The number of ether oxygens (including phenoxy) is 2. The van der Waals surface area contributed by atoms with Gasteiger partial charge in [-0.1, -0.05) is 13.0 Å². The van der Waals surface area contributed by atoms with Gasteiger partial charge in [0.2, 0.25) is 0 Å².